The first kappa shape index (κ1) is 13.6. The van der Waals surface area contributed by atoms with E-state index in [4.69, 9.17) is 5.73 Å². The second-order valence-corrected chi connectivity index (χ2v) is 5.57. The molecule has 0 aromatic heterocycles. The van der Waals surface area contributed by atoms with Crippen LogP contribution >= 0.6 is 0 Å². The molecule has 18 heavy (non-hydrogen) atoms. The highest BCUT2D eigenvalue weighted by Gasteiger charge is 2.45. The lowest BCUT2D eigenvalue weighted by atomic mass is 9.97. The molecule has 0 radical (unpaired) electrons. The summed E-state index contributed by atoms with van der Waals surface area (Å²) in [5, 5.41) is 0. The molecule has 0 aromatic rings. The number of hydrogen-bond acceptors (Lipinski definition) is 5. The van der Waals surface area contributed by atoms with Crippen LogP contribution in [0.2, 0.25) is 0 Å². The van der Waals surface area contributed by atoms with E-state index in [-0.39, 0.29) is 5.54 Å². The summed E-state index contributed by atoms with van der Waals surface area (Å²) in [6, 6.07) is 0. The van der Waals surface area contributed by atoms with E-state index in [1.54, 1.807) is 0 Å². The maximum atomic E-state index is 6.09. The summed E-state index contributed by atoms with van der Waals surface area (Å²) in [4.78, 5) is 11.7. The minimum atomic E-state index is 0.186. The Labute approximate surface area is 111 Å². The Kier molecular flexibility index (Phi) is 4.12. The minimum Gasteiger partial charge on any atom is -0.370 e. The summed E-state index contributed by atoms with van der Waals surface area (Å²) in [5.74, 6) is 0.748. The molecule has 0 aromatic carbocycles. The summed E-state index contributed by atoms with van der Waals surface area (Å²) >= 11 is 0. The predicted octanol–water partition coefficient (Wildman–Crippen LogP) is 0.0328. The van der Waals surface area contributed by atoms with Gasteiger partial charge in [0.1, 0.15) is 0 Å². The van der Waals surface area contributed by atoms with Crippen LogP contribution in [0.3, 0.4) is 0 Å². The number of likely N-dealkylation sites (tertiary alicyclic amines) is 1. The van der Waals surface area contributed by atoms with Gasteiger partial charge < -0.3 is 20.4 Å². The molecule has 5 heteroatoms. The summed E-state index contributed by atoms with van der Waals surface area (Å²) < 4.78 is 0. The van der Waals surface area contributed by atoms with E-state index in [0.29, 0.717) is 0 Å². The van der Waals surface area contributed by atoms with Gasteiger partial charge in [-0.2, -0.15) is 0 Å². The lowest BCUT2D eigenvalue weighted by Gasteiger charge is -2.37. The van der Waals surface area contributed by atoms with Crippen LogP contribution in [-0.2, 0) is 0 Å². The fourth-order valence-electron chi connectivity index (χ4n) is 3.18. The zero-order valence-corrected chi connectivity index (χ0v) is 12.0. The molecule has 2 heterocycles. The third kappa shape index (κ3) is 2.47. The number of guanidine groups is 1. The maximum absolute atomic E-state index is 6.09. The summed E-state index contributed by atoms with van der Waals surface area (Å²) in [6.45, 7) is 11.8. The first-order chi connectivity index (χ1) is 8.61. The molecule has 1 unspecified atom stereocenters. The Morgan fingerprint density at radius 1 is 1.39 bits per heavy atom. The van der Waals surface area contributed by atoms with Crippen molar-refractivity contribution in [3.05, 3.63) is 0 Å². The Balaban J connectivity index is 1.98. The first-order valence-corrected chi connectivity index (χ1v) is 7.10. The van der Waals surface area contributed by atoms with E-state index >= 15 is 0 Å². The number of hydrogen-bond donors (Lipinski definition) is 1. The van der Waals surface area contributed by atoms with Crippen LogP contribution in [0, 0.1) is 0 Å². The molecule has 0 amide bonds. The van der Waals surface area contributed by atoms with Gasteiger partial charge in [-0.1, -0.05) is 13.8 Å². The van der Waals surface area contributed by atoms with Gasteiger partial charge in [-0.15, -0.1) is 0 Å². The van der Waals surface area contributed by atoms with Gasteiger partial charge in [-0.25, -0.2) is 0 Å². The smallest absolute Gasteiger partial charge is 0.191 e. The second-order valence-electron chi connectivity index (χ2n) is 5.57. The molecule has 0 bridgehead atoms. The van der Waals surface area contributed by atoms with Gasteiger partial charge in [0.15, 0.2) is 5.96 Å². The van der Waals surface area contributed by atoms with Crippen LogP contribution in [0.15, 0.2) is 4.99 Å². The molecular formula is C13H27N5. The van der Waals surface area contributed by atoms with Crippen LogP contribution in [0.4, 0.5) is 0 Å². The molecule has 5 nitrogen and oxygen atoms in total. The molecule has 0 aliphatic carbocycles. The number of likely N-dealkylation sites (N-methyl/N-ethyl adjacent to an activating group) is 2. The summed E-state index contributed by atoms with van der Waals surface area (Å²) in [5.41, 5.74) is 6.27. The van der Waals surface area contributed by atoms with Crippen molar-refractivity contribution >= 4 is 5.96 Å². The number of aliphatic imine (C=N–C) groups is 1. The van der Waals surface area contributed by atoms with Crippen molar-refractivity contribution in [1.82, 2.24) is 14.7 Å². The molecule has 1 fully saturated rings. The van der Waals surface area contributed by atoms with E-state index < -0.39 is 0 Å². The third-order valence-corrected chi connectivity index (χ3v) is 4.44. The van der Waals surface area contributed by atoms with Gasteiger partial charge >= 0.3 is 0 Å². The zero-order valence-electron chi connectivity index (χ0n) is 12.0. The predicted molar refractivity (Wildman–Crippen MR) is 75.8 cm³/mol. The number of rotatable bonds is 5. The van der Waals surface area contributed by atoms with Gasteiger partial charge in [0.25, 0.3) is 0 Å². The van der Waals surface area contributed by atoms with E-state index in [0.717, 1.165) is 51.8 Å². The van der Waals surface area contributed by atoms with Gasteiger partial charge in [-0.05, 0) is 26.6 Å². The lowest BCUT2D eigenvalue weighted by Crippen LogP contribution is -2.55. The van der Waals surface area contributed by atoms with E-state index in [1.807, 2.05) is 0 Å². The monoisotopic (exact) mass is 253 g/mol. The van der Waals surface area contributed by atoms with Gasteiger partial charge in [0.05, 0.1) is 12.1 Å². The second kappa shape index (κ2) is 5.45. The highest BCUT2D eigenvalue weighted by atomic mass is 15.4. The Bertz CT molecular complexity index is 313. The average molecular weight is 253 g/mol. The average Bonchev–Trinajstić information content (AvgIpc) is 2.88. The van der Waals surface area contributed by atoms with Crippen molar-refractivity contribution in [3.8, 4) is 0 Å². The van der Waals surface area contributed by atoms with Crippen molar-refractivity contribution in [3.63, 3.8) is 0 Å². The minimum absolute atomic E-state index is 0.186. The Hall–Kier alpha value is -0.810. The van der Waals surface area contributed by atoms with E-state index in [2.05, 4.69) is 40.6 Å². The standard InChI is InChI=1S/C13H27N5/c1-4-17(5-2)8-9-18-12(14)15-10-13(18)6-7-16(3)11-13/h4-11H2,1-3H3,(H2,14,15). The van der Waals surface area contributed by atoms with Gasteiger partial charge in [-0.3, -0.25) is 4.99 Å². The lowest BCUT2D eigenvalue weighted by molar-refractivity contribution is 0.176. The largest absolute Gasteiger partial charge is 0.370 e. The highest BCUT2D eigenvalue weighted by molar-refractivity contribution is 5.81. The molecule has 2 aliphatic heterocycles. The molecule has 2 aliphatic rings. The SMILES string of the molecule is CCN(CC)CCN1C(N)=NCC12CCN(C)C2. The van der Waals surface area contributed by atoms with Gasteiger partial charge in [0, 0.05) is 26.2 Å². The molecule has 104 valence electrons. The van der Waals surface area contributed by atoms with E-state index in [1.165, 1.54) is 6.42 Å². The quantitative estimate of drug-likeness (QED) is 0.751. The molecule has 1 saturated heterocycles. The topological polar surface area (TPSA) is 48.1 Å². The Morgan fingerprint density at radius 2 is 2.11 bits per heavy atom. The van der Waals surface area contributed by atoms with Crippen LogP contribution in [0.5, 0.6) is 0 Å². The first-order valence-electron chi connectivity index (χ1n) is 7.10. The zero-order chi connectivity index (χ0) is 13.2. The van der Waals surface area contributed by atoms with Crippen molar-refractivity contribution in [2.75, 3.05) is 52.9 Å². The van der Waals surface area contributed by atoms with Gasteiger partial charge in [0.2, 0.25) is 0 Å². The maximum Gasteiger partial charge on any atom is 0.191 e. The molecule has 1 atom stereocenters. The van der Waals surface area contributed by atoms with Crippen LogP contribution in [0.25, 0.3) is 0 Å². The highest BCUT2D eigenvalue weighted by Crippen LogP contribution is 2.31. The van der Waals surface area contributed by atoms with Crippen molar-refractivity contribution in [1.29, 1.82) is 0 Å². The molecule has 2 N–H and O–H groups in total. The summed E-state index contributed by atoms with van der Waals surface area (Å²) in [7, 11) is 2.19. The van der Waals surface area contributed by atoms with Crippen LogP contribution in [0.1, 0.15) is 20.3 Å². The molecular weight excluding hydrogens is 226 g/mol. The van der Waals surface area contributed by atoms with Crippen LogP contribution in [-0.4, -0.2) is 79.1 Å². The van der Waals surface area contributed by atoms with Crippen molar-refractivity contribution in [2.24, 2.45) is 10.7 Å². The fraction of sp³-hybridized carbons (Fsp3) is 0.923. The van der Waals surface area contributed by atoms with Crippen molar-refractivity contribution < 1.29 is 0 Å². The summed E-state index contributed by atoms with van der Waals surface area (Å²) in [6.07, 6.45) is 1.19. The third-order valence-electron chi connectivity index (χ3n) is 4.44. The van der Waals surface area contributed by atoms with Crippen LogP contribution < -0.4 is 5.73 Å². The Morgan fingerprint density at radius 3 is 2.67 bits per heavy atom. The molecule has 2 rings (SSSR count). The molecule has 1 spiro atoms. The van der Waals surface area contributed by atoms with Crippen molar-refractivity contribution in [2.45, 2.75) is 25.8 Å². The number of nitrogens with zero attached hydrogens (tertiary/aromatic N) is 4. The fourth-order valence-corrected chi connectivity index (χ4v) is 3.18. The number of nitrogens with two attached hydrogens (primary N) is 1. The normalized spacial score (nSPS) is 28.7. The molecule has 0 saturated carbocycles. The van der Waals surface area contributed by atoms with E-state index in [9.17, 15) is 0 Å².